The van der Waals surface area contributed by atoms with Gasteiger partial charge in [-0.05, 0) is 61.1 Å². The number of phenols is 2. The fourth-order valence-electron chi connectivity index (χ4n) is 5.23. The lowest BCUT2D eigenvalue weighted by atomic mass is 10.0. The lowest BCUT2D eigenvalue weighted by Crippen LogP contribution is -2.11. The zero-order valence-corrected chi connectivity index (χ0v) is 26.9. The molecule has 0 saturated heterocycles. The van der Waals surface area contributed by atoms with Gasteiger partial charge >= 0.3 is 0 Å². The Kier molecular flexibility index (Phi) is 12.0. The number of aryl methyl sites for hydroxylation is 1. The largest absolute Gasteiger partial charge is 0.507 e. The minimum absolute atomic E-state index is 0.0145. The minimum atomic E-state index is 0.0145. The number of nitrogens with zero attached hydrogens (tertiary/aromatic N) is 4. The molecule has 0 spiro atoms. The monoisotopic (exact) mass is 600 g/mol. The summed E-state index contributed by atoms with van der Waals surface area (Å²) in [5, 5.41) is 22.1. The Hall–Kier alpha value is -4.07. The maximum absolute atomic E-state index is 11.1. The van der Waals surface area contributed by atoms with Crippen molar-refractivity contribution in [2.45, 2.75) is 79.1 Å². The molecule has 2 unspecified atom stereocenters. The number of hydrogen-bond donors (Lipinski definition) is 2. The molecule has 4 aromatic rings. The van der Waals surface area contributed by atoms with Crippen LogP contribution in [0, 0.1) is 11.8 Å². The second kappa shape index (κ2) is 16.1. The molecule has 0 aliphatic rings. The van der Waals surface area contributed by atoms with Crippen molar-refractivity contribution in [3.63, 3.8) is 0 Å². The Bertz CT molecular complexity index is 1400. The van der Waals surface area contributed by atoms with Crippen molar-refractivity contribution in [2.75, 3.05) is 13.2 Å². The van der Waals surface area contributed by atoms with E-state index < -0.39 is 0 Å². The van der Waals surface area contributed by atoms with Gasteiger partial charge in [0, 0.05) is 25.4 Å². The summed E-state index contributed by atoms with van der Waals surface area (Å²) in [6.45, 7) is 9.98. The topological polar surface area (TPSA) is 103 Å². The van der Waals surface area contributed by atoms with Gasteiger partial charge in [-0.15, -0.1) is 0 Å². The molecule has 4 rings (SSSR count). The number of aromatic nitrogens is 4. The van der Waals surface area contributed by atoms with Gasteiger partial charge in [-0.2, -0.15) is 0 Å². The Morgan fingerprint density at radius 3 is 1.55 bits per heavy atom. The standard InChI is InChI=1S/C36H48N4O4/c1-6-10-13-25(8-3)23-43-27-16-18-29(32(41)21-27)34-37-35(39-36(38-34)31-15-12-20-40(31)5)30-19-17-28(22-33(30)42)44-24-26(9-4)14-11-7-2/h12,15-22,25-26,41-42H,6-11,13-14,23-24H2,1-5H3. The first kappa shape index (κ1) is 32.8. The summed E-state index contributed by atoms with van der Waals surface area (Å²) >= 11 is 0. The predicted molar refractivity (Wildman–Crippen MR) is 176 cm³/mol. The van der Waals surface area contributed by atoms with Gasteiger partial charge in [-0.25, -0.2) is 15.0 Å². The van der Waals surface area contributed by atoms with Gasteiger partial charge in [0.05, 0.1) is 30.0 Å². The van der Waals surface area contributed by atoms with Crippen LogP contribution in [-0.2, 0) is 7.05 Å². The van der Waals surface area contributed by atoms with Gasteiger partial charge in [-0.1, -0.05) is 66.2 Å². The van der Waals surface area contributed by atoms with Gasteiger partial charge in [0.1, 0.15) is 23.0 Å². The van der Waals surface area contributed by atoms with Crippen LogP contribution in [0.4, 0.5) is 0 Å². The van der Waals surface area contributed by atoms with E-state index in [1.54, 1.807) is 24.3 Å². The van der Waals surface area contributed by atoms with Crippen LogP contribution < -0.4 is 9.47 Å². The van der Waals surface area contributed by atoms with Crippen molar-refractivity contribution in [3.8, 4) is 57.3 Å². The fraction of sp³-hybridized carbons (Fsp3) is 0.472. The third-order valence-corrected chi connectivity index (χ3v) is 8.29. The van der Waals surface area contributed by atoms with Gasteiger partial charge in [-0.3, -0.25) is 0 Å². The van der Waals surface area contributed by atoms with E-state index in [1.807, 2.05) is 42.1 Å². The third kappa shape index (κ3) is 8.52. The summed E-state index contributed by atoms with van der Waals surface area (Å²) in [4.78, 5) is 14.2. The maximum atomic E-state index is 11.1. The summed E-state index contributed by atoms with van der Waals surface area (Å²) in [7, 11) is 1.92. The molecule has 2 aromatic heterocycles. The van der Waals surface area contributed by atoms with Crippen molar-refractivity contribution in [2.24, 2.45) is 18.9 Å². The highest BCUT2D eigenvalue weighted by molar-refractivity contribution is 5.72. The molecule has 2 aromatic carbocycles. The second-order valence-electron chi connectivity index (χ2n) is 11.6. The number of hydrogen-bond acceptors (Lipinski definition) is 7. The van der Waals surface area contributed by atoms with Gasteiger partial charge in [0.2, 0.25) is 0 Å². The SMILES string of the molecule is CCCCC(CC)COc1ccc(-c2nc(-c3ccc(OCC(CC)CCCC)cc3O)nc(-c3cccn3C)n2)c(O)c1. The van der Waals surface area contributed by atoms with Crippen molar-refractivity contribution in [3.05, 3.63) is 54.7 Å². The molecule has 8 nitrogen and oxygen atoms in total. The quantitative estimate of drug-likeness (QED) is 0.125. The summed E-state index contributed by atoms with van der Waals surface area (Å²) in [5.41, 5.74) is 1.68. The van der Waals surface area contributed by atoms with Crippen LogP contribution in [0.1, 0.15) is 79.1 Å². The molecule has 0 aliphatic carbocycles. The molecule has 0 amide bonds. The molecule has 0 bridgehead atoms. The number of ether oxygens (including phenoxy) is 2. The molecule has 0 radical (unpaired) electrons. The third-order valence-electron chi connectivity index (χ3n) is 8.29. The zero-order chi connectivity index (χ0) is 31.5. The minimum Gasteiger partial charge on any atom is -0.507 e. The van der Waals surface area contributed by atoms with Gasteiger partial charge < -0.3 is 24.3 Å². The first-order valence-electron chi connectivity index (χ1n) is 16.2. The molecule has 236 valence electrons. The Morgan fingerprint density at radius 2 is 1.16 bits per heavy atom. The van der Waals surface area contributed by atoms with E-state index >= 15 is 0 Å². The molecule has 0 saturated carbocycles. The first-order chi connectivity index (χ1) is 21.4. The van der Waals surface area contributed by atoms with Crippen molar-refractivity contribution in [1.29, 1.82) is 0 Å². The molecule has 8 heteroatoms. The molecular formula is C36H48N4O4. The summed E-state index contributed by atoms with van der Waals surface area (Å²) < 4.78 is 14.0. The van der Waals surface area contributed by atoms with Gasteiger partial charge in [0.25, 0.3) is 0 Å². The molecular weight excluding hydrogens is 552 g/mol. The predicted octanol–water partition coefficient (Wildman–Crippen LogP) is 8.81. The number of phenolic OH excluding ortho intramolecular Hbond substituents is 2. The Labute approximate surface area is 262 Å². The van der Waals surface area contributed by atoms with Crippen molar-refractivity contribution in [1.82, 2.24) is 19.5 Å². The van der Waals surface area contributed by atoms with E-state index in [9.17, 15) is 10.2 Å². The Morgan fingerprint density at radius 1 is 0.682 bits per heavy atom. The lowest BCUT2D eigenvalue weighted by Gasteiger charge is -2.16. The molecule has 0 aliphatic heterocycles. The number of aromatic hydroxyl groups is 2. The summed E-state index contributed by atoms with van der Waals surface area (Å²) in [5.74, 6) is 3.22. The smallest absolute Gasteiger partial charge is 0.180 e. The number of rotatable bonds is 17. The molecule has 2 heterocycles. The second-order valence-corrected chi connectivity index (χ2v) is 11.6. The summed E-state index contributed by atoms with van der Waals surface area (Å²) in [6.07, 6.45) is 11.0. The highest BCUT2D eigenvalue weighted by Gasteiger charge is 2.19. The van der Waals surface area contributed by atoms with E-state index in [1.165, 1.54) is 25.7 Å². The van der Waals surface area contributed by atoms with E-state index in [4.69, 9.17) is 24.4 Å². The lowest BCUT2D eigenvalue weighted by molar-refractivity contribution is 0.232. The highest BCUT2D eigenvalue weighted by Crippen LogP contribution is 2.36. The maximum Gasteiger partial charge on any atom is 0.180 e. The van der Waals surface area contributed by atoms with Gasteiger partial charge in [0.15, 0.2) is 17.5 Å². The highest BCUT2D eigenvalue weighted by atomic mass is 16.5. The average molecular weight is 601 g/mol. The van der Waals surface area contributed by atoms with Crippen LogP contribution in [0.25, 0.3) is 34.3 Å². The van der Waals surface area contributed by atoms with Crippen LogP contribution in [-0.4, -0.2) is 42.9 Å². The normalized spacial score (nSPS) is 12.7. The van der Waals surface area contributed by atoms with Crippen LogP contribution in [0.15, 0.2) is 54.7 Å². The zero-order valence-electron chi connectivity index (χ0n) is 26.9. The molecule has 2 N–H and O–H groups in total. The van der Waals surface area contributed by atoms with Crippen LogP contribution >= 0.6 is 0 Å². The number of benzene rings is 2. The average Bonchev–Trinajstić information content (AvgIpc) is 3.47. The van der Waals surface area contributed by atoms with Crippen LogP contribution in [0.3, 0.4) is 0 Å². The Balaban J connectivity index is 1.63. The molecule has 0 fully saturated rings. The van der Waals surface area contributed by atoms with E-state index in [2.05, 4.69) is 27.7 Å². The molecule has 44 heavy (non-hydrogen) atoms. The summed E-state index contributed by atoms with van der Waals surface area (Å²) in [6, 6.07) is 14.3. The first-order valence-corrected chi connectivity index (χ1v) is 16.2. The van der Waals surface area contributed by atoms with E-state index in [0.717, 1.165) is 31.4 Å². The fourth-order valence-corrected chi connectivity index (χ4v) is 5.23. The molecule has 2 atom stereocenters. The van der Waals surface area contributed by atoms with Crippen LogP contribution in [0.2, 0.25) is 0 Å². The van der Waals surface area contributed by atoms with E-state index in [0.29, 0.717) is 65.1 Å². The van der Waals surface area contributed by atoms with E-state index in [-0.39, 0.29) is 11.5 Å². The van der Waals surface area contributed by atoms with Crippen LogP contribution in [0.5, 0.6) is 23.0 Å². The number of unbranched alkanes of at least 4 members (excludes halogenated alkanes) is 2. The van der Waals surface area contributed by atoms with Crippen molar-refractivity contribution >= 4 is 0 Å². The van der Waals surface area contributed by atoms with Crippen molar-refractivity contribution < 1.29 is 19.7 Å².